The largest absolute Gasteiger partial charge is 0.489 e. The first-order chi connectivity index (χ1) is 23.6. The second kappa shape index (κ2) is 15.1. The number of anilines is 1. The molecule has 0 atom stereocenters. The van der Waals surface area contributed by atoms with E-state index < -0.39 is 11.6 Å². The predicted octanol–water partition coefficient (Wildman–Crippen LogP) is 10.8. The molecular weight excluding hydrogens is 691 g/mol. The number of hydrogen-bond donors (Lipinski definition) is 2. The summed E-state index contributed by atoms with van der Waals surface area (Å²) in [6.07, 6.45) is 2.00. The van der Waals surface area contributed by atoms with Gasteiger partial charge in [-0.2, -0.15) is 0 Å². The Morgan fingerprint density at radius 3 is 2.18 bits per heavy atom. The molecule has 262 valence electrons. The van der Waals surface area contributed by atoms with E-state index in [1.54, 1.807) is 50.9 Å². The number of aromatic nitrogens is 1. The van der Waals surface area contributed by atoms with E-state index >= 15 is 0 Å². The normalized spacial score (nSPS) is 12.2. The van der Waals surface area contributed by atoms with Crippen LogP contribution in [-0.4, -0.2) is 33.2 Å². The van der Waals surface area contributed by atoms with Crippen molar-refractivity contribution in [2.75, 3.05) is 10.6 Å². The van der Waals surface area contributed by atoms with Crippen LogP contribution in [-0.2, 0) is 24.4 Å². The second-order valence-corrected chi connectivity index (χ2v) is 15.0. The van der Waals surface area contributed by atoms with Crippen LogP contribution in [0.2, 0.25) is 10.0 Å². The third-order valence-electron chi connectivity index (χ3n) is 8.46. The molecule has 0 saturated heterocycles. The topological polar surface area (TPSA) is 96.0 Å². The summed E-state index contributed by atoms with van der Waals surface area (Å²) in [7, 11) is 0. The van der Waals surface area contributed by atoms with Crippen LogP contribution in [0.15, 0.2) is 65.2 Å². The SMILES string of the molecule is CC(C)(C)O.CSN1Cc2cc(OCc3c(-c4c(Cl)cccc4Cl)noc3C)ccc2-c2c(C)c(-c3ccc(C)cc3)c(CC(=O)O)c(C)c21. The quantitative estimate of drug-likeness (QED) is 0.152. The van der Waals surface area contributed by atoms with Gasteiger partial charge >= 0.3 is 5.97 Å². The van der Waals surface area contributed by atoms with Crippen molar-refractivity contribution in [1.82, 2.24) is 5.16 Å². The highest BCUT2D eigenvalue weighted by Crippen LogP contribution is 2.51. The number of ether oxygens (including phenoxy) is 1. The summed E-state index contributed by atoms with van der Waals surface area (Å²) in [5.74, 6) is 0.501. The van der Waals surface area contributed by atoms with Crippen LogP contribution in [0.1, 0.15) is 59.9 Å². The molecule has 6 rings (SSSR count). The number of rotatable bonds is 8. The number of carboxylic acids is 1. The van der Waals surface area contributed by atoms with Gasteiger partial charge in [0.15, 0.2) is 0 Å². The van der Waals surface area contributed by atoms with Crippen molar-refractivity contribution < 1.29 is 24.3 Å². The number of hydrogen-bond acceptors (Lipinski definition) is 7. The molecule has 7 nitrogen and oxygen atoms in total. The molecule has 4 aromatic carbocycles. The zero-order valence-electron chi connectivity index (χ0n) is 29.6. The van der Waals surface area contributed by atoms with Crippen molar-refractivity contribution in [3.8, 4) is 39.3 Å². The van der Waals surface area contributed by atoms with Gasteiger partial charge in [-0.1, -0.05) is 82.3 Å². The molecule has 0 aliphatic carbocycles. The first kappa shape index (κ1) is 37.3. The Morgan fingerprint density at radius 1 is 0.940 bits per heavy atom. The third-order valence-corrected chi connectivity index (χ3v) is 9.84. The molecule has 0 amide bonds. The maximum absolute atomic E-state index is 12.1. The highest BCUT2D eigenvalue weighted by Gasteiger charge is 2.31. The molecule has 10 heteroatoms. The molecule has 1 aliphatic heterocycles. The van der Waals surface area contributed by atoms with Gasteiger partial charge in [0.2, 0.25) is 0 Å². The van der Waals surface area contributed by atoms with Crippen LogP contribution >= 0.6 is 35.1 Å². The van der Waals surface area contributed by atoms with Crippen molar-refractivity contribution in [1.29, 1.82) is 0 Å². The van der Waals surface area contributed by atoms with E-state index in [1.807, 2.05) is 26.2 Å². The number of fused-ring (bicyclic) bond motifs is 3. The van der Waals surface area contributed by atoms with Gasteiger partial charge in [-0.25, -0.2) is 0 Å². The Labute approximate surface area is 308 Å². The summed E-state index contributed by atoms with van der Waals surface area (Å²) in [4.78, 5) is 12.1. The van der Waals surface area contributed by atoms with Gasteiger partial charge in [0.25, 0.3) is 0 Å². The van der Waals surface area contributed by atoms with Crippen molar-refractivity contribution in [2.24, 2.45) is 0 Å². The molecule has 0 saturated carbocycles. The molecule has 0 bridgehead atoms. The molecule has 2 N–H and O–H groups in total. The summed E-state index contributed by atoms with van der Waals surface area (Å²) in [6.45, 7) is 14.1. The minimum absolute atomic E-state index is 0.0469. The number of aryl methyl sites for hydroxylation is 2. The number of aliphatic carboxylic acids is 1. The van der Waals surface area contributed by atoms with E-state index in [2.05, 4.69) is 59.7 Å². The van der Waals surface area contributed by atoms with Crippen molar-refractivity contribution >= 4 is 46.8 Å². The summed E-state index contributed by atoms with van der Waals surface area (Å²) in [6, 6.07) is 19.8. The molecular formula is C40H42Cl2N2O5S. The first-order valence-corrected chi connectivity index (χ1v) is 18.2. The molecule has 5 aromatic rings. The smallest absolute Gasteiger partial charge is 0.307 e. The molecule has 0 radical (unpaired) electrons. The van der Waals surface area contributed by atoms with E-state index in [0.717, 1.165) is 61.3 Å². The Balaban J connectivity index is 0.000000908. The first-order valence-electron chi connectivity index (χ1n) is 16.2. The average molecular weight is 734 g/mol. The number of halogens is 2. The Bertz CT molecular complexity index is 2020. The summed E-state index contributed by atoms with van der Waals surface area (Å²) < 4.78 is 14.1. The van der Waals surface area contributed by atoms with Crippen molar-refractivity contribution in [3.63, 3.8) is 0 Å². The lowest BCUT2D eigenvalue weighted by Gasteiger charge is -2.36. The van der Waals surface area contributed by atoms with E-state index in [-0.39, 0.29) is 13.0 Å². The number of benzene rings is 4. The zero-order chi connectivity index (χ0) is 36.5. The average Bonchev–Trinajstić information content (AvgIpc) is 3.40. The maximum atomic E-state index is 12.1. The fourth-order valence-corrected chi connectivity index (χ4v) is 7.49. The Kier molecular flexibility index (Phi) is 11.3. The summed E-state index contributed by atoms with van der Waals surface area (Å²) >= 11 is 14.6. The lowest BCUT2D eigenvalue weighted by molar-refractivity contribution is -0.136. The predicted molar refractivity (Wildman–Crippen MR) is 206 cm³/mol. The monoisotopic (exact) mass is 732 g/mol. The Hall–Kier alpha value is -3.95. The van der Waals surface area contributed by atoms with Crippen LogP contribution < -0.4 is 9.04 Å². The number of carbonyl (C=O) groups is 1. The van der Waals surface area contributed by atoms with Crippen LogP contribution in [0.5, 0.6) is 5.75 Å². The van der Waals surface area contributed by atoms with Crippen LogP contribution in [0.4, 0.5) is 5.69 Å². The van der Waals surface area contributed by atoms with Gasteiger partial charge in [-0.05, 0) is 112 Å². The molecule has 0 spiro atoms. The molecule has 50 heavy (non-hydrogen) atoms. The minimum atomic E-state index is -0.845. The van der Waals surface area contributed by atoms with Crippen molar-refractivity contribution in [3.05, 3.63) is 110 Å². The number of nitrogens with zero attached hydrogens (tertiary/aromatic N) is 2. The van der Waals surface area contributed by atoms with E-state index in [0.29, 0.717) is 39.4 Å². The molecule has 0 unspecified atom stereocenters. The van der Waals surface area contributed by atoms with Gasteiger partial charge in [0.1, 0.15) is 23.8 Å². The fraction of sp³-hybridized carbons (Fsp3) is 0.300. The number of aliphatic hydroxyl groups is 1. The standard InChI is InChI=1S/C36H32Cl2N2O4S.C4H10O/c1-19-9-11-23(12-10-19)32-21(3)33-26-14-13-25(15-24(26)17-40(45-5)36(33)20(2)27(32)16-31(41)42)43-18-28-22(4)44-39-35(28)34-29(37)7-6-8-30(34)38;1-4(2,3)5/h6-15H,16-18H2,1-5H3,(H,41,42);5H,1-3H3. The third kappa shape index (κ3) is 8.00. The van der Waals surface area contributed by atoms with Gasteiger partial charge in [-0.15, -0.1) is 0 Å². The van der Waals surface area contributed by atoms with Crippen LogP contribution in [0.25, 0.3) is 33.5 Å². The minimum Gasteiger partial charge on any atom is -0.489 e. The Morgan fingerprint density at radius 2 is 1.58 bits per heavy atom. The van der Waals surface area contributed by atoms with Gasteiger partial charge in [0.05, 0.1) is 39.9 Å². The molecule has 1 aliphatic rings. The van der Waals surface area contributed by atoms with Crippen LogP contribution in [0, 0.1) is 27.7 Å². The zero-order valence-corrected chi connectivity index (χ0v) is 31.9. The van der Waals surface area contributed by atoms with Crippen molar-refractivity contribution in [2.45, 2.75) is 73.6 Å². The molecule has 2 heterocycles. The lowest BCUT2D eigenvalue weighted by atomic mass is 9.81. The number of carboxylic acid groups (broad SMARTS) is 1. The maximum Gasteiger partial charge on any atom is 0.307 e. The van der Waals surface area contributed by atoms with Gasteiger partial charge in [-0.3, -0.25) is 4.79 Å². The molecule has 0 fully saturated rings. The highest BCUT2D eigenvalue weighted by molar-refractivity contribution is 7.99. The fourth-order valence-electron chi connectivity index (χ4n) is 6.23. The highest BCUT2D eigenvalue weighted by atomic mass is 35.5. The van der Waals surface area contributed by atoms with Gasteiger partial charge in [0, 0.05) is 17.4 Å². The van der Waals surface area contributed by atoms with Gasteiger partial charge < -0.3 is 23.8 Å². The van der Waals surface area contributed by atoms with E-state index in [1.165, 1.54) is 0 Å². The summed E-state index contributed by atoms with van der Waals surface area (Å²) in [5, 5.41) is 23.6. The van der Waals surface area contributed by atoms with Crippen LogP contribution in [0.3, 0.4) is 0 Å². The van der Waals surface area contributed by atoms with E-state index in [9.17, 15) is 9.90 Å². The van der Waals surface area contributed by atoms with E-state index in [4.69, 9.17) is 37.6 Å². The second-order valence-electron chi connectivity index (χ2n) is 13.4. The summed E-state index contributed by atoms with van der Waals surface area (Å²) in [5.41, 5.74) is 11.9. The molecule has 1 aromatic heterocycles. The lowest BCUT2D eigenvalue weighted by Crippen LogP contribution is -2.22.